The normalized spacial score (nSPS) is 22.4. The Morgan fingerprint density at radius 2 is 2.62 bits per heavy atom. The minimum atomic E-state index is 0.754. The molecule has 1 aromatic rings. The first kappa shape index (κ1) is 8.75. The van der Waals surface area contributed by atoms with Crippen LogP contribution in [0, 0.1) is 12.8 Å². The third-order valence-electron chi connectivity index (χ3n) is 2.56. The van der Waals surface area contributed by atoms with Gasteiger partial charge in [0, 0.05) is 26.0 Å². The van der Waals surface area contributed by atoms with Gasteiger partial charge in [-0.1, -0.05) is 0 Å². The van der Waals surface area contributed by atoms with Crippen molar-refractivity contribution in [2.24, 2.45) is 5.92 Å². The molecule has 3 nitrogen and oxygen atoms in total. The standard InChI is InChI=1S/C10H16N2O/c1-9-2-5-12(11-9)6-3-10-4-7-13-8-10/h2,5,10H,3-4,6-8H2,1H3. The predicted octanol–water partition coefficient (Wildman–Crippen LogP) is 1.62. The Hall–Kier alpha value is -0.830. The highest BCUT2D eigenvalue weighted by atomic mass is 16.5. The highest BCUT2D eigenvalue weighted by molar-refractivity contribution is 4.94. The SMILES string of the molecule is Cc1ccn(CCC2CCOC2)n1. The first-order valence-electron chi connectivity index (χ1n) is 4.92. The van der Waals surface area contributed by atoms with Crippen LogP contribution in [0.25, 0.3) is 0 Å². The van der Waals surface area contributed by atoms with Crippen LogP contribution in [0.1, 0.15) is 18.5 Å². The smallest absolute Gasteiger partial charge is 0.0593 e. The number of hydrogen-bond acceptors (Lipinski definition) is 2. The summed E-state index contributed by atoms with van der Waals surface area (Å²) >= 11 is 0. The second kappa shape index (κ2) is 3.92. The van der Waals surface area contributed by atoms with E-state index in [1.807, 2.05) is 23.9 Å². The maximum absolute atomic E-state index is 5.32. The number of aromatic nitrogens is 2. The molecule has 3 heteroatoms. The van der Waals surface area contributed by atoms with Crippen LogP contribution in [0.3, 0.4) is 0 Å². The molecule has 0 amide bonds. The minimum Gasteiger partial charge on any atom is -0.381 e. The lowest BCUT2D eigenvalue weighted by Gasteiger charge is -2.06. The van der Waals surface area contributed by atoms with Crippen molar-refractivity contribution in [1.29, 1.82) is 0 Å². The van der Waals surface area contributed by atoms with Gasteiger partial charge in [-0.05, 0) is 31.7 Å². The Morgan fingerprint density at radius 3 is 3.23 bits per heavy atom. The molecular weight excluding hydrogens is 164 g/mol. The molecule has 0 aromatic carbocycles. The summed E-state index contributed by atoms with van der Waals surface area (Å²) in [6, 6.07) is 2.05. The van der Waals surface area contributed by atoms with Crippen LogP contribution < -0.4 is 0 Å². The van der Waals surface area contributed by atoms with Crippen LogP contribution in [-0.4, -0.2) is 23.0 Å². The van der Waals surface area contributed by atoms with Gasteiger partial charge in [-0.2, -0.15) is 5.10 Å². The summed E-state index contributed by atoms with van der Waals surface area (Å²) in [7, 11) is 0. The third kappa shape index (κ3) is 2.31. The largest absolute Gasteiger partial charge is 0.381 e. The molecule has 13 heavy (non-hydrogen) atoms. The zero-order valence-corrected chi connectivity index (χ0v) is 8.07. The van der Waals surface area contributed by atoms with Gasteiger partial charge in [-0.25, -0.2) is 0 Å². The van der Waals surface area contributed by atoms with E-state index >= 15 is 0 Å². The fourth-order valence-corrected chi connectivity index (χ4v) is 1.71. The highest BCUT2D eigenvalue weighted by Gasteiger charge is 2.14. The van der Waals surface area contributed by atoms with Gasteiger partial charge in [0.1, 0.15) is 0 Å². The Labute approximate surface area is 78.7 Å². The number of nitrogens with zero attached hydrogens (tertiary/aromatic N) is 2. The Kier molecular flexibility index (Phi) is 2.64. The Balaban J connectivity index is 1.78. The Bertz CT molecular complexity index is 264. The van der Waals surface area contributed by atoms with E-state index in [0.29, 0.717) is 0 Å². The number of rotatable bonds is 3. The van der Waals surface area contributed by atoms with E-state index in [2.05, 4.69) is 5.10 Å². The molecule has 2 rings (SSSR count). The van der Waals surface area contributed by atoms with E-state index in [0.717, 1.165) is 31.4 Å². The van der Waals surface area contributed by atoms with E-state index in [1.54, 1.807) is 0 Å². The quantitative estimate of drug-likeness (QED) is 0.706. The van der Waals surface area contributed by atoms with Crippen LogP contribution in [0.15, 0.2) is 12.3 Å². The maximum atomic E-state index is 5.32. The molecule has 0 bridgehead atoms. The number of ether oxygens (including phenoxy) is 1. The summed E-state index contributed by atoms with van der Waals surface area (Å²) in [4.78, 5) is 0. The number of hydrogen-bond donors (Lipinski definition) is 0. The van der Waals surface area contributed by atoms with Crippen LogP contribution in [0.2, 0.25) is 0 Å². The average molecular weight is 180 g/mol. The van der Waals surface area contributed by atoms with E-state index < -0.39 is 0 Å². The topological polar surface area (TPSA) is 27.1 Å². The molecule has 0 saturated carbocycles. The monoisotopic (exact) mass is 180 g/mol. The third-order valence-corrected chi connectivity index (χ3v) is 2.56. The summed E-state index contributed by atoms with van der Waals surface area (Å²) in [6.45, 7) is 4.94. The van der Waals surface area contributed by atoms with Gasteiger partial charge in [0.05, 0.1) is 5.69 Å². The minimum absolute atomic E-state index is 0.754. The molecule has 0 aliphatic carbocycles. The first-order valence-corrected chi connectivity index (χ1v) is 4.92. The summed E-state index contributed by atoms with van der Waals surface area (Å²) in [5.74, 6) is 0.754. The van der Waals surface area contributed by atoms with Crippen molar-refractivity contribution in [3.05, 3.63) is 18.0 Å². The average Bonchev–Trinajstić information content (AvgIpc) is 2.71. The van der Waals surface area contributed by atoms with Crippen molar-refractivity contribution in [3.63, 3.8) is 0 Å². The molecule has 2 heterocycles. The summed E-state index contributed by atoms with van der Waals surface area (Å²) in [5, 5.41) is 4.35. The molecular formula is C10H16N2O. The maximum Gasteiger partial charge on any atom is 0.0593 e. The van der Waals surface area contributed by atoms with Crippen LogP contribution >= 0.6 is 0 Å². The molecule has 1 aromatic heterocycles. The van der Waals surface area contributed by atoms with Gasteiger partial charge in [0.2, 0.25) is 0 Å². The van der Waals surface area contributed by atoms with Crippen LogP contribution in [0.4, 0.5) is 0 Å². The molecule has 1 saturated heterocycles. The van der Waals surface area contributed by atoms with E-state index in [1.165, 1.54) is 12.8 Å². The van der Waals surface area contributed by atoms with E-state index in [-0.39, 0.29) is 0 Å². The van der Waals surface area contributed by atoms with Gasteiger partial charge in [0.15, 0.2) is 0 Å². The lowest BCUT2D eigenvalue weighted by molar-refractivity contribution is 0.183. The molecule has 0 N–H and O–H groups in total. The van der Waals surface area contributed by atoms with Gasteiger partial charge >= 0.3 is 0 Å². The van der Waals surface area contributed by atoms with Crippen LogP contribution in [0.5, 0.6) is 0 Å². The summed E-state index contributed by atoms with van der Waals surface area (Å²) in [6.07, 6.45) is 4.46. The van der Waals surface area contributed by atoms with Crippen molar-refractivity contribution in [2.45, 2.75) is 26.3 Å². The first-order chi connectivity index (χ1) is 6.34. The zero-order chi connectivity index (χ0) is 9.10. The lowest BCUT2D eigenvalue weighted by Crippen LogP contribution is -2.06. The van der Waals surface area contributed by atoms with Crippen LogP contribution in [-0.2, 0) is 11.3 Å². The highest BCUT2D eigenvalue weighted by Crippen LogP contribution is 2.16. The Morgan fingerprint density at radius 1 is 1.69 bits per heavy atom. The van der Waals surface area contributed by atoms with E-state index in [4.69, 9.17) is 4.74 Å². The predicted molar refractivity (Wildman–Crippen MR) is 50.5 cm³/mol. The fraction of sp³-hybridized carbons (Fsp3) is 0.700. The van der Waals surface area contributed by atoms with E-state index in [9.17, 15) is 0 Å². The lowest BCUT2D eigenvalue weighted by atomic mass is 10.1. The number of aryl methyl sites for hydroxylation is 2. The van der Waals surface area contributed by atoms with Crippen molar-refractivity contribution >= 4 is 0 Å². The van der Waals surface area contributed by atoms with Crippen molar-refractivity contribution in [2.75, 3.05) is 13.2 Å². The molecule has 1 aliphatic heterocycles. The van der Waals surface area contributed by atoms with Gasteiger partial charge in [0.25, 0.3) is 0 Å². The molecule has 72 valence electrons. The van der Waals surface area contributed by atoms with Gasteiger partial charge < -0.3 is 4.74 Å². The summed E-state index contributed by atoms with van der Waals surface area (Å²) in [5.41, 5.74) is 1.10. The fourth-order valence-electron chi connectivity index (χ4n) is 1.71. The second-order valence-electron chi connectivity index (χ2n) is 3.74. The summed E-state index contributed by atoms with van der Waals surface area (Å²) < 4.78 is 7.34. The molecule has 0 radical (unpaired) electrons. The molecule has 1 unspecified atom stereocenters. The van der Waals surface area contributed by atoms with Gasteiger partial charge in [-0.3, -0.25) is 4.68 Å². The molecule has 1 aliphatic rings. The van der Waals surface area contributed by atoms with Crippen molar-refractivity contribution in [3.8, 4) is 0 Å². The molecule has 0 spiro atoms. The van der Waals surface area contributed by atoms with Crippen molar-refractivity contribution in [1.82, 2.24) is 9.78 Å². The zero-order valence-electron chi connectivity index (χ0n) is 8.07. The molecule has 1 atom stereocenters. The van der Waals surface area contributed by atoms with Gasteiger partial charge in [-0.15, -0.1) is 0 Å². The van der Waals surface area contributed by atoms with Crippen molar-refractivity contribution < 1.29 is 4.74 Å². The second-order valence-corrected chi connectivity index (χ2v) is 3.74. The molecule has 1 fully saturated rings.